The van der Waals surface area contributed by atoms with E-state index in [0.717, 1.165) is 19.4 Å². The molecular weight excluding hydrogens is 340 g/mol. The lowest BCUT2D eigenvalue weighted by atomic mass is 9.86. The molecule has 7 nitrogen and oxygen atoms in total. The van der Waals surface area contributed by atoms with E-state index in [0.29, 0.717) is 35.0 Å². The highest BCUT2D eigenvalue weighted by Gasteiger charge is 2.44. The predicted octanol–water partition coefficient (Wildman–Crippen LogP) is 1.61. The molecule has 1 aliphatic carbocycles. The van der Waals surface area contributed by atoms with E-state index < -0.39 is 12.3 Å². The van der Waals surface area contributed by atoms with Gasteiger partial charge >= 0.3 is 0 Å². The van der Waals surface area contributed by atoms with Gasteiger partial charge in [0, 0.05) is 36.6 Å². The van der Waals surface area contributed by atoms with E-state index in [1.54, 1.807) is 23.4 Å². The van der Waals surface area contributed by atoms with Crippen molar-refractivity contribution in [3.05, 3.63) is 18.5 Å². The van der Waals surface area contributed by atoms with E-state index in [1.807, 2.05) is 0 Å². The maximum atomic E-state index is 13.7. The van der Waals surface area contributed by atoms with Crippen LogP contribution in [0.3, 0.4) is 0 Å². The fraction of sp³-hybridized carbons (Fsp3) is 0.529. The lowest BCUT2D eigenvalue weighted by Crippen LogP contribution is -2.31. The molecule has 2 N–H and O–H groups in total. The molecule has 0 amide bonds. The number of alkyl halides is 2. The maximum absolute atomic E-state index is 13.7. The molecule has 2 bridgehead atoms. The Balaban J connectivity index is 1.55. The van der Waals surface area contributed by atoms with Gasteiger partial charge in [-0.3, -0.25) is 0 Å². The second-order valence-corrected chi connectivity index (χ2v) is 7.32. The summed E-state index contributed by atoms with van der Waals surface area (Å²) in [6, 6.07) is 2.20. The topological polar surface area (TPSA) is 84.1 Å². The van der Waals surface area contributed by atoms with Crippen molar-refractivity contribution >= 4 is 17.7 Å². The van der Waals surface area contributed by atoms with E-state index in [1.165, 1.54) is 0 Å². The van der Waals surface area contributed by atoms with Crippen molar-refractivity contribution in [1.29, 1.82) is 0 Å². The summed E-state index contributed by atoms with van der Waals surface area (Å²) in [5.41, 5.74) is 6.89. The summed E-state index contributed by atoms with van der Waals surface area (Å²) >= 11 is 0. The fourth-order valence-electron chi connectivity index (χ4n) is 4.02. The molecule has 2 aromatic rings. The van der Waals surface area contributed by atoms with Gasteiger partial charge in [-0.1, -0.05) is 0 Å². The zero-order valence-corrected chi connectivity index (χ0v) is 14.1. The Morgan fingerprint density at radius 3 is 2.31 bits per heavy atom. The molecule has 3 saturated heterocycles. The Bertz CT molecular complexity index is 814. The zero-order valence-electron chi connectivity index (χ0n) is 14.1. The lowest BCUT2D eigenvalue weighted by Gasteiger charge is -2.27. The van der Waals surface area contributed by atoms with Crippen LogP contribution in [0.4, 0.5) is 26.5 Å². The molecule has 4 aliphatic rings. The number of nitrogen functional groups attached to an aromatic ring is 1. The summed E-state index contributed by atoms with van der Waals surface area (Å²) in [6.45, 7) is 0.936. The van der Waals surface area contributed by atoms with Gasteiger partial charge in [0.15, 0.2) is 12.3 Å². The Morgan fingerprint density at radius 1 is 1.00 bits per heavy atom. The molecule has 2 unspecified atom stereocenters. The highest BCUT2D eigenvalue weighted by Crippen LogP contribution is 2.43. The predicted molar refractivity (Wildman–Crippen MR) is 93.3 cm³/mol. The number of rotatable bonds is 3. The number of hydrogen-bond acceptors (Lipinski definition) is 7. The monoisotopic (exact) mass is 359 g/mol. The van der Waals surface area contributed by atoms with Crippen LogP contribution < -0.4 is 15.5 Å². The SMILES string of the molecule is Nc1ncc(-c2cc(N3CC(F)C(F)C3)nc(N3CC4CC3C4)n2)cn1. The quantitative estimate of drug-likeness (QED) is 0.891. The summed E-state index contributed by atoms with van der Waals surface area (Å²) in [6.07, 6.45) is 2.55. The minimum absolute atomic E-state index is 0.00134. The van der Waals surface area contributed by atoms with Crippen LogP contribution in [0.1, 0.15) is 12.8 Å². The largest absolute Gasteiger partial charge is 0.368 e. The first-order chi connectivity index (χ1) is 12.6. The molecule has 1 saturated carbocycles. The van der Waals surface area contributed by atoms with E-state index in [4.69, 9.17) is 5.73 Å². The maximum Gasteiger partial charge on any atom is 0.228 e. The average molecular weight is 359 g/mol. The Morgan fingerprint density at radius 2 is 1.69 bits per heavy atom. The summed E-state index contributed by atoms with van der Waals surface area (Å²) < 4.78 is 27.4. The van der Waals surface area contributed by atoms with Crippen LogP contribution in [0.15, 0.2) is 18.5 Å². The van der Waals surface area contributed by atoms with Crippen molar-refractivity contribution in [2.75, 3.05) is 35.2 Å². The molecule has 0 aromatic carbocycles. The highest BCUT2D eigenvalue weighted by atomic mass is 19.2. The number of fused-ring (bicyclic) bond motifs is 1. The smallest absolute Gasteiger partial charge is 0.228 e. The third kappa shape index (κ3) is 2.53. The van der Waals surface area contributed by atoms with Crippen LogP contribution in [0, 0.1) is 5.92 Å². The molecule has 0 spiro atoms. The van der Waals surface area contributed by atoms with Crippen molar-refractivity contribution in [1.82, 2.24) is 19.9 Å². The van der Waals surface area contributed by atoms with Crippen LogP contribution in [0.2, 0.25) is 0 Å². The van der Waals surface area contributed by atoms with Gasteiger partial charge in [0.2, 0.25) is 11.9 Å². The van der Waals surface area contributed by atoms with Gasteiger partial charge in [-0.15, -0.1) is 0 Å². The highest BCUT2D eigenvalue weighted by molar-refractivity contribution is 5.65. The van der Waals surface area contributed by atoms with Gasteiger partial charge in [-0.05, 0) is 18.8 Å². The van der Waals surface area contributed by atoms with Crippen LogP contribution in [0.5, 0.6) is 0 Å². The van der Waals surface area contributed by atoms with Crippen molar-refractivity contribution in [3.63, 3.8) is 0 Å². The molecule has 0 radical (unpaired) electrons. The van der Waals surface area contributed by atoms with Gasteiger partial charge in [-0.2, -0.15) is 4.98 Å². The molecule has 6 rings (SSSR count). The van der Waals surface area contributed by atoms with Gasteiger partial charge in [0.1, 0.15) is 5.82 Å². The third-order valence-corrected chi connectivity index (χ3v) is 5.54. The molecule has 136 valence electrons. The van der Waals surface area contributed by atoms with E-state index in [2.05, 4.69) is 24.8 Å². The second-order valence-electron chi connectivity index (χ2n) is 7.32. The summed E-state index contributed by atoms with van der Waals surface area (Å²) in [5.74, 6) is 2.03. The number of aromatic nitrogens is 4. The number of nitrogens with two attached hydrogens (primary N) is 1. The van der Waals surface area contributed by atoms with E-state index >= 15 is 0 Å². The zero-order chi connectivity index (χ0) is 17.8. The molecule has 9 heteroatoms. The Labute approximate surface area is 149 Å². The molecule has 5 heterocycles. The number of anilines is 3. The van der Waals surface area contributed by atoms with Crippen LogP contribution in [0.25, 0.3) is 11.3 Å². The fourth-order valence-corrected chi connectivity index (χ4v) is 4.02. The normalized spacial score (nSPS) is 29.9. The molecule has 2 aromatic heterocycles. The number of hydrogen-bond donors (Lipinski definition) is 1. The third-order valence-electron chi connectivity index (χ3n) is 5.54. The average Bonchev–Trinajstić information content (AvgIpc) is 3.30. The number of halogens is 2. The molecule has 26 heavy (non-hydrogen) atoms. The van der Waals surface area contributed by atoms with Gasteiger partial charge in [0.25, 0.3) is 0 Å². The van der Waals surface area contributed by atoms with Gasteiger partial charge < -0.3 is 15.5 Å². The second kappa shape index (κ2) is 5.72. The Kier molecular flexibility index (Phi) is 3.44. The minimum Gasteiger partial charge on any atom is -0.368 e. The first kappa shape index (κ1) is 15.7. The molecule has 3 aliphatic heterocycles. The van der Waals surface area contributed by atoms with Crippen molar-refractivity contribution in [2.45, 2.75) is 31.2 Å². The van der Waals surface area contributed by atoms with Crippen molar-refractivity contribution in [3.8, 4) is 11.3 Å². The Hall–Kier alpha value is -2.58. The molecule has 4 fully saturated rings. The van der Waals surface area contributed by atoms with Crippen LogP contribution >= 0.6 is 0 Å². The van der Waals surface area contributed by atoms with Crippen LogP contribution in [-0.4, -0.2) is 58.0 Å². The van der Waals surface area contributed by atoms with Crippen molar-refractivity contribution in [2.24, 2.45) is 5.92 Å². The summed E-state index contributed by atoms with van der Waals surface area (Å²) in [4.78, 5) is 21.2. The van der Waals surface area contributed by atoms with E-state index in [9.17, 15) is 8.78 Å². The first-order valence-corrected chi connectivity index (χ1v) is 8.83. The van der Waals surface area contributed by atoms with E-state index in [-0.39, 0.29) is 19.0 Å². The minimum atomic E-state index is -1.49. The molecular formula is C17H19F2N7. The summed E-state index contributed by atoms with van der Waals surface area (Å²) in [7, 11) is 0. The first-order valence-electron chi connectivity index (χ1n) is 8.83. The summed E-state index contributed by atoms with van der Waals surface area (Å²) in [5, 5.41) is 0. The van der Waals surface area contributed by atoms with Gasteiger partial charge in [-0.25, -0.2) is 23.7 Å². The standard InChI is InChI=1S/C17H19F2N7/c18-12-7-25(8-13(12)19)15-3-14(10-4-21-16(20)22-5-10)23-17(24-15)26-6-9-1-11(26)2-9/h3-5,9,11-13H,1-2,6-8H2,(H2,20,21,22). The van der Waals surface area contributed by atoms with Crippen molar-refractivity contribution < 1.29 is 8.78 Å². The van der Waals surface area contributed by atoms with Gasteiger partial charge in [0.05, 0.1) is 18.8 Å². The number of nitrogens with zero attached hydrogens (tertiary/aromatic N) is 6. The van der Waals surface area contributed by atoms with Crippen LogP contribution in [-0.2, 0) is 0 Å². The lowest BCUT2D eigenvalue weighted by molar-refractivity contribution is 0.217. The molecule has 2 atom stereocenters.